The zero-order valence-electron chi connectivity index (χ0n) is 17.4. The first kappa shape index (κ1) is 21.2. The average molecular weight is 446 g/mol. The molecule has 6 nitrogen and oxygen atoms in total. The van der Waals surface area contributed by atoms with E-state index in [9.17, 15) is 12.6 Å². The maximum absolute atomic E-state index is 12.8. The molecule has 3 heterocycles. The molecule has 1 saturated heterocycles. The van der Waals surface area contributed by atoms with Crippen molar-refractivity contribution < 1.29 is 12.6 Å². The summed E-state index contributed by atoms with van der Waals surface area (Å²) in [6.45, 7) is 6.44. The second-order valence-corrected chi connectivity index (χ2v) is 12.2. The van der Waals surface area contributed by atoms with Crippen molar-refractivity contribution in [2.45, 2.75) is 50.0 Å². The van der Waals surface area contributed by atoms with Gasteiger partial charge in [0.2, 0.25) is 10.0 Å². The fourth-order valence-corrected chi connectivity index (χ4v) is 6.30. The van der Waals surface area contributed by atoms with Gasteiger partial charge in [-0.3, -0.25) is 4.21 Å². The zero-order chi connectivity index (χ0) is 21.5. The van der Waals surface area contributed by atoms with Gasteiger partial charge in [-0.15, -0.1) is 0 Å². The molecule has 3 aromatic rings. The fourth-order valence-electron chi connectivity index (χ4n) is 3.70. The number of nitrogens with one attached hydrogen (secondary N) is 2. The van der Waals surface area contributed by atoms with Crippen molar-refractivity contribution in [3.63, 3.8) is 0 Å². The van der Waals surface area contributed by atoms with E-state index in [4.69, 9.17) is 0 Å². The molecule has 1 aromatic carbocycles. The molecule has 1 fully saturated rings. The SMILES string of the molecule is CC(C)(C)c1cc2c(-c3ccc(S(=O)(=O)NC4CCS(=O)CC4)cc3)ccnc2[nH]1. The highest BCUT2D eigenvalue weighted by molar-refractivity contribution is 7.89. The number of H-pyrrole nitrogens is 1. The Kier molecular flexibility index (Phi) is 5.59. The summed E-state index contributed by atoms with van der Waals surface area (Å²) in [5.74, 6) is 1.11. The summed E-state index contributed by atoms with van der Waals surface area (Å²) in [4.78, 5) is 8.08. The summed E-state index contributed by atoms with van der Waals surface area (Å²) in [7, 11) is -4.42. The van der Waals surface area contributed by atoms with E-state index in [0.717, 1.165) is 27.9 Å². The van der Waals surface area contributed by atoms with E-state index in [1.165, 1.54) is 0 Å². The third-order valence-corrected chi connectivity index (χ3v) is 8.44. The lowest BCUT2D eigenvalue weighted by atomic mass is 9.92. The second-order valence-electron chi connectivity index (χ2n) is 8.82. The molecule has 0 aliphatic carbocycles. The van der Waals surface area contributed by atoms with Gasteiger partial charge in [-0.05, 0) is 48.2 Å². The minimum atomic E-state index is -3.60. The van der Waals surface area contributed by atoms with Crippen LogP contribution < -0.4 is 4.72 Å². The lowest BCUT2D eigenvalue weighted by Crippen LogP contribution is -2.39. The van der Waals surface area contributed by atoms with Crippen molar-refractivity contribution in [1.82, 2.24) is 14.7 Å². The number of benzene rings is 1. The van der Waals surface area contributed by atoms with Crippen LogP contribution in [-0.2, 0) is 26.2 Å². The minimum absolute atomic E-state index is 0.0205. The van der Waals surface area contributed by atoms with E-state index < -0.39 is 20.8 Å². The smallest absolute Gasteiger partial charge is 0.240 e. The predicted molar refractivity (Wildman–Crippen MR) is 121 cm³/mol. The van der Waals surface area contributed by atoms with Crippen LogP contribution in [0.4, 0.5) is 0 Å². The average Bonchev–Trinajstić information content (AvgIpc) is 3.15. The van der Waals surface area contributed by atoms with Crippen molar-refractivity contribution in [1.29, 1.82) is 0 Å². The molecule has 0 unspecified atom stereocenters. The van der Waals surface area contributed by atoms with Crippen LogP contribution in [0.1, 0.15) is 39.3 Å². The van der Waals surface area contributed by atoms with Crippen LogP contribution >= 0.6 is 0 Å². The molecular formula is C22H27N3O3S2. The lowest BCUT2D eigenvalue weighted by molar-refractivity contribution is 0.522. The zero-order valence-corrected chi connectivity index (χ0v) is 19.1. The molecule has 1 aliphatic heterocycles. The van der Waals surface area contributed by atoms with Gasteiger partial charge in [0.05, 0.1) is 4.90 Å². The van der Waals surface area contributed by atoms with Gasteiger partial charge in [-0.25, -0.2) is 18.1 Å². The highest BCUT2D eigenvalue weighted by atomic mass is 32.2. The molecule has 160 valence electrons. The Morgan fingerprint density at radius 2 is 1.77 bits per heavy atom. The number of fused-ring (bicyclic) bond motifs is 1. The number of aromatic amines is 1. The number of nitrogens with zero attached hydrogens (tertiary/aromatic N) is 1. The summed E-state index contributed by atoms with van der Waals surface area (Å²) < 4.78 is 39.8. The predicted octanol–water partition coefficient (Wildman–Crippen LogP) is 3.72. The molecule has 4 rings (SSSR count). The van der Waals surface area contributed by atoms with Crippen molar-refractivity contribution in [3.8, 4) is 11.1 Å². The maximum atomic E-state index is 12.8. The van der Waals surface area contributed by atoms with E-state index in [-0.39, 0.29) is 16.4 Å². The van der Waals surface area contributed by atoms with Crippen molar-refractivity contribution >= 4 is 31.9 Å². The van der Waals surface area contributed by atoms with Gasteiger partial charge in [0.25, 0.3) is 0 Å². The number of hydrogen-bond acceptors (Lipinski definition) is 4. The van der Waals surface area contributed by atoms with Gasteiger partial charge < -0.3 is 4.98 Å². The Morgan fingerprint density at radius 1 is 1.10 bits per heavy atom. The Labute approximate surface area is 180 Å². The minimum Gasteiger partial charge on any atom is -0.343 e. The molecule has 8 heteroatoms. The number of aromatic nitrogens is 2. The van der Waals surface area contributed by atoms with E-state index in [0.29, 0.717) is 24.3 Å². The second kappa shape index (κ2) is 7.90. The van der Waals surface area contributed by atoms with Gasteiger partial charge in [0.1, 0.15) is 5.65 Å². The molecule has 0 amide bonds. The first-order chi connectivity index (χ1) is 14.1. The summed E-state index contributed by atoms with van der Waals surface area (Å²) in [6.07, 6.45) is 2.99. The van der Waals surface area contributed by atoms with Crippen LogP contribution in [0.2, 0.25) is 0 Å². The van der Waals surface area contributed by atoms with Crippen LogP contribution in [0, 0.1) is 0 Å². The third kappa shape index (κ3) is 4.36. The summed E-state index contributed by atoms with van der Waals surface area (Å²) >= 11 is 0. The van der Waals surface area contributed by atoms with Crippen LogP contribution in [0.3, 0.4) is 0 Å². The largest absolute Gasteiger partial charge is 0.343 e. The number of sulfonamides is 1. The lowest BCUT2D eigenvalue weighted by Gasteiger charge is -2.22. The van der Waals surface area contributed by atoms with E-state index >= 15 is 0 Å². The van der Waals surface area contributed by atoms with Crippen molar-refractivity contribution in [2.24, 2.45) is 0 Å². The molecule has 2 N–H and O–H groups in total. The molecule has 0 bridgehead atoms. The van der Waals surface area contributed by atoms with Gasteiger partial charge >= 0.3 is 0 Å². The quantitative estimate of drug-likeness (QED) is 0.640. The molecule has 2 aromatic heterocycles. The van der Waals surface area contributed by atoms with Gasteiger partial charge in [-0.1, -0.05) is 32.9 Å². The standard InChI is InChI=1S/C22H27N3O3S2/c1-22(2,3)20-14-19-18(8-11-23-21(19)24-20)15-4-6-17(7-5-15)30(27,28)25-16-9-12-29(26)13-10-16/h4-8,11,14,16,25H,9-10,12-13H2,1-3H3,(H,23,24). The van der Waals surface area contributed by atoms with Gasteiger partial charge in [-0.2, -0.15) is 0 Å². The number of hydrogen-bond donors (Lipinski definition) is 2. The topological polar surface area (TPSA) is 91.9 Å². The molecule has 0 atom stereocenters. The van der Waals surface area contributed by atoms with Crippen molar-refractivity contribution in [2.75, 3.05) is 11.5 Å². The molecular weight excluding hydrogens is 418 g/mol. The monoisotopic (exact) mass is 445 g/mol. The number of rotatable bonds is 4. The van der Waals surface area contributed by atoms with Gasteiger partial charge in [0.15, 0.2) is 0 Å². The highest BCUT2D eigenvalue weighted by Gasteiger charge is 2.24. The summed E-state index contributed by atoms with van der Waals surface area (Å²) in [5.41, 5.74) is 3.86. The Hall–Kier alpha value is -2.03. The van der Waals surface area contributed by atoms with Gasteiger partial charge in [0, 0.05) is 51.0 Å². The Bertz CT molecular complexity index is 1180. The number of pyridine rings is 1. The highest BCUT2D eigenvalue weighted by Crippen LogP contribution is 2.32. The van der Waals surface area contributed by atoms with Crippen LogP contribution in [0.25, 0.3) is 22.2 Å². The molecule has 1 aliphatic rings. The van der Waals surface area contributed by atoms with Crippen LogP contribution in [0.5, 0.6) is 0 Å². The third-order valence-electron chi connectivity index (χ3n) is 5.53. The Balaban J connectivity index is 1.61. The molecule has 0 radical (unpaired) electrons. The van der Waals surface area contributed by atoms with Crippen LogP contribution in [-0.4, -0.2) is 40.1 Å². The first-order valence-electron chi connectivity index (χ1n) is 10.1. The summed E-state index contributed by atoms with van der Waals surface area (Å²) in [5, 5.41) is 1.02. The van der Waals surface area contributed by atoms with E-state index in [1.807, 2.05) is 18.2 Å². The molecule has 30 heavy (non-hydrogen) atoms. The van der Waals surface area contributed by atoms with E-state index in [1.54, 1.807) is 18.3 Å². The molecule has 0 spiro atoms. The fraction of sp³-hybridized carbons (Fsp3) is 0.409. The maximum Gasteiger partial charge on any atom is 0.240 e. The van der Waals surface area contributed by atoms with E-state index in [2.05, 4.69) is 41.5 Å². The van der Waals surface area contributed by atoms with Crippen LogP contribution in [0.15, 0.2) is 47.5 Å². The Morgan fingerprint density at radius 3 is 2.40 bits per heavy atom. The summed E-state index contributed by atoms with van der Waals surface area (Å²) in [6, 6.07) is 10.9. The molecule has 0 saturated carbocycles. The normalized spacial score (nSPS) is 20.5. The first-order valence-corrected chi connectivity index (χ1v) is 13.1. The van der Waals surface area contributed by atoms with Crippen molar-refractivity contribution in [3.05, 3.63) is 48.3 Å².